The van der Waals surface area contributed by atoms with Gasteiger partial charge in [0.1, 0.15) is 0 Å². The fourth-order valence-corrected chi connectivity index (χ4v) is 1.90. The fraction of sp³-hybridized carbons (Fsp3) is 1.00. The summed E-state index contributed by atoms with van der Waals surface area (Å²) in [6, 6.07) is 0.318. The lowest BCUT2D eigenvalue weighted by Gasteiger charge is -2.35. The number of rotatable bonds is 7. The van der Waals surface area contributed by atoms with Crippen LogP contribution in [0, 0.1) is 0 Å². The third-order valence-electron chi connectivity index (χ3n) is 2.99. The standard InChI is InChI=1S/C11H26N2O/c1-5-11(6-2,8-12)13-9(3)7-10(4)14/h9-10,13-14H,5-8,12H2,1-4H3. The SMILES string of the molecule is CCC(CC)(CN)NC(C)CC(C)O. The van der Waals surface area contributed by atoms with E-state index >= 15 is 0 Å². The molecule has 0 spiro atoms. The molecule has 0 aromatic heterocycles. The first-order valence-electron chi connectivity index (χ1n) is 5.65. The van der Waals surface area contributed by atoms with Crippen molar-refractivity contribution in [1.82, 2.24) is 5.32 Å². The number of hydrogen-bond acceptors (Lipinski definition) is 3. The molecule has 4 N–H and O–H groups in total. The van der Waals surface area contributed by atoms with E-state index in [0.717, 1.165) is 19.3 Å². The molecule has 0 aliphatic rings. The van der Waals surface area contributed by atoms with Crippen molar-refractivity contribution in [3.63, 3.8) is 0 Å². The Morgan fingerprint density at radius 2 is 1.79 bits per heavy atom. The molecule has 86 valence electrons. The molecule has 0 heterocycles. The number of nitrogens with one attached hydrogen (secondary N) is 1. The fourth-order valence-electron chi connectivity index (χ4n) is 1.90. The summed E-state index contributed by atoms with van der Waals surface area (Å²) in [5.41, 5.74) is 5.83. The van der Waals surface area contributed by atoms with Crippen LogP contribution >= 0.6 is 0 Å². The van der Waals surface area contributed by atoms with Gasteiger partial charge in [-0.05, 0) is 33.1 Å². The highest BCUT2D eigenvalue weighted by molar-refractivity contribution is 4.88. The van der Waals surface area contributed by atoms with Crippen molar-refractivity contribution in [2.75, 3.05) is 6.54 Å². The second-order valence-corrected chi connectivity index (χ2v) is 4.32. The number of hydrogen-bond donors (Lipinski definition) is 3. The third kappa shape index (κ3) is 4.40. The largest absolute Gasteiger partial charge is 0.393 e. The van der Waals surface area contributed by atoms with Gasteiger partial charge in [-0.3, -0.25) is 0 Å². The van der Waals surface area contributed by atoms with Gasteiger partial charge < -0.3 is 16.2 Å². The molecule has 0 bridgehead atoms. The minimum Gasteiger partial charge on any atom is -0.393 e. The van der Waals surface area contributed by atoms with E-state index in [1.165, 1.54) is 0 Å². The molecule has 3 nitrogen and oxygen atoms in total. The Balaban J connectivity index is 4.15. The number of aliphatic hydroxyl groups excluding tert-OH is 1. The van der Waals surface area contributed by atoms with Gasteiger partial charge in [-0.1, -0.05) is 13.8 Å². The maximum Gasteiger partial charge on any atom is 0.0526 e. The molecule has 3 heteroatoms. The molecule has 0 saturated carbocycles. The predicted octanol–water partition coefficient (Wildman–Crippen LogP) is 1.25. The molecule has 0 aliphatic carbocycles. The van der Waals surface area contributed by atoms with E-state index in [9.17, 15) is 5.11 Å². The Bertz CT molecular complexity index is 136. The van der Waals surface area contributed by atoms with Gasteiger partial charge in [-0.25, -0.2) is 0 Å². The summed E-state index contributed by atoms with van der Waals surface area (Å²) in [7, 11) is 0. The zero-order chi connectivity index (χ0) is 11.2. The molecule has 0 saturated heterocycles. The normalized spacial score (nSPS) is 16.7. The van der Waals surface area contributed by atoms with Gasteiger partial charge >= 0.3 is 0 Å². The van der Waals surface area contributed by atoms with Crippen molar-refractivity contribution in [3.05, 3.63) is 0 Å². The summed E-state index contributed by atoms with van der Waals surface area (Å²) in [6.45, 7) is 8.88. The average Bonchev–Trinajstić information content (AvgIpc) is 2.13. The van der Waals surface area contributed by atoms with Crippen LogP contribution in [0.4, 0.5) is 0 Å². The third-order valence-corrected chi connectivity index (χ3v) is 2.99. The monoisotopic (exact) mass is 202 g/mol. The zero-order valence-corrected chi connectivity index (χ0v) is 10.0. The summed E-state index contributed by atoms with van der Waals surface area (Å²) in [6.07, 6.45) is 2.59. The van der Waals surface area contributed by atoms with Crippen LogP contribution in [-0.2, 0) is 0 Å². The Morgan fingerprint density at radius 1 is 1.29 bits per heavy atom. The van der Waals surface area contributed by atoms with Crippen LogP contribution in [0.15, 0.2) is 0 Å². The molecule has 0 aliphatic heterocycles. The molecule has 2 unspecified atom stereocenters. The van der Waals surface area contributed by atoms with Crippen LogP contribution in [0.5, 0.6) is 0 Å². The van der Waals surface area contributed by atoms with Crippen molar-refractivity contribution in [3.8, 4) is 0 Å². The average molecular weight is 202 g/mol. The van der Waals surface area contributed by atoms with Crippen molar-refractivity contribution in [2.45, 2.75) is 64.6 Å². The van der Waals surface area contributed by atoms with E-state index in [4.69, 9.17) is 5.73 Å². The Labute approximate surface area is 88.1 Å². The molecule has 0 aromatic carbocycles. The highest BCUT2D eigenvalue weighted by Crippen LogP contribution is 2.15. The van der Waals surface area contributed by atoms with Crippen LogP contribution in [-0.4, -0.2) is 29.3 Å². The Hall–Kier alpha value is -0.120. The molecular weight excluding hydrogens is 176 g/mol. The van der Waals surface area contributed by atoms with Gasteiger partial charge in [-0.2, -0.15) is 0 Å². The summed E-state index contributed by atoms with van der Waals surface area (Å²) >= 11 is 0. The molecule has 0 rings (SSSR count). The quantitative estimate of drug-likeness (QED) is 0.582. The first-order valence-corrected chi connectivity index (χ1v) is 5.65. The zero-order valence-electron chi connectivity index (χ0n) is 10.0. The van der Waals surface area contributed by atoms with Crippen LogP contribution in [0.1, 0.15) is 47.0 Å². The van der Waals surface area contributed by atoms with Crippen molar-refractivity contribution < 1.29 is 5.11 Å². The summed E-state index contributed by atoms with van der Waals surface area (Å²) in [4.78, 5) is 0. The molecule has 2 atom stereocenters. The molecule has 14 heavy (non-hydrogen) atoms. The smallest absolute Gasteiger partial charge is 0.0526 e. The number of nitrogens with two attached hydrogens (primary N) is 1. The predicted molar refractivity (Wildman–Crippen MR) is 61.3 cm³/mol. The summed E-state index contributed by atoms with van der Waals surface area (Å²) in [5.74, 6) is 0. The van der Waals surface area contributed by atoms with Gasteiger partial charge in [0.15, 0.2) is 0 Å². The Morgan fingerprint density at radius 3 is 2.07 bits per heavy atom. The lowest BCUT2D eigenvalue weighted by atomic mass is 9.91. The van der Waals surface area contributed by atoms with E-state index < -0.39 is 0 Å². The topological polar surface area (TPSA) is 58.3 Å². The van der Waals surface area contributed by atoms with Gasteiger partial charge in [0, 0.05) is 18.1 Å². The van der Waals surface area contributed by atoms with E-state index in [2.05, 4.69) is 26.1 Å². The van der Waals surface area contributed by atoms with Crippen LogP contribution in [0.25, 0.3) is 0 Å². The van der Waals surface area contributed by atoms with E-state index in [1.807, 2.05) is 6.92 Å². The second-order valence-electron chi connectivity index (χ2n) is 4.32. The minimum atomic E-state index is -0.248. The molecule has 0 amide bonds. The molecule has 0 fully saturated rings. The van der Waals surface area contributed by atoms with Crippen LogP contribution < -0.4 is 11.1 Å². The van der Waals surface area contributed by atoms with Gasteiger partial charge in [0.05, 0.1) is 6.10 Å². The van der Waals surface area contributed by atoms with Crippen LogP contribution in [0.2, 0.25) is 0 Å². The number of aliphatic hydroxyl groups is 1. The lowest BCUT2D eigenvalue weighted by Crippen LogP contribution is -2.54. The highest BCUT2D eigenvalue weighted by Gasteiger charge is 2.25. The van der Waals surface area contributed by atoms with Gasteiger partial charge in [-0.15, -0.1) is 0 Å². The van der Waals surface area contributed by atoms with Crippen molar-refractivity contribution in [2.24, 2.45) is 5.73 Å². The van der Waals surface area contributed by atoms with E-state index in [0.29, 0.717) is 12.6 Å². The summed E-state index contributed by atoms with van der Waals surface area (Å²) in [5, 5.41) is 12.8. The first kappa shape index (κ1) is 13.9. The van der Waals surface area contributed by atoms with Crippen molar-refractivity contribution >= 4 is 0 Å². The lowest BCUT2D eigenvalue weighted by molar-refractivity contribution is 0.157. The first-order chi connectivity index (χ1) is 6.49. The van der Waals surface area contributed by atoms with Gasteiger partial charge in [0.25, 0.3) is 0 Å². The van der Waals surface area contributed by atoms with Gasteiger partial charge in [0.2, 0.25) is 0 Å². The Kier molecular flexibility index (Phi) is 6.33. The minimum absolute atomic E-state index is 0.0499. The highest BCUT2D eigenvalue weighted by atomic mass is 16.3. The maximum absolute atomic E-state index is 9.27. The molecule has 0 radical (unpaired) electrons. The van der Waals surface area contributed by atoms with Crippen LogP contribution in [0.3, 0.4) is 0 Å². The maximum atomic E-state index is 9.27. The molecule has 0 aromatic rings. The summed E-state index contributed by atoms with van der Waals surface area (Å²) < 4.78 is 0. The molecular formula is C11H26N2O. The second kappa shape index (κ2) is 6.38. The van der Waals surface area contributed by atoms with E-state index in [-0.39, 0.29) is 11.6 Å². The van der Waals surface area contributed by atoms with E-state index in [1.54, 1.807) is 0 Å². The van der Waals surface area contributed by atoms with Crippen molar-refractivity contribution in [1.29, 1.82) is 0 Å².